The number of carbonyl (C=O) groups is 2. The molecule has 8 nitrogen and oxygen atoms in total. The van der Waals surface area contributed by atoms with Crippen molar-refractivity contribution >= 4 is 41.2 Å². The highest BCUT2D eigenvalue weighted by atomic mass is 33.1. The Balaban J connectivity index is 3.64. The van der Waals surface area contributed by atoms with Gasteiger partial charge in [-0.3, -0.25) is 0 Å². The van der Waals surface area contributed by atoms with Gasteiger partial charge in [0.15, 0.2) is 0 Å². The zero-order valence-electron chi connectivity index (χ0n) is 14.6. The first-order chi connectivity index (χ1) is 11.8. The molecular formula is C14H27NO7PS2-. The van der Waals surface area contributed by atoms with Crippen LogP contribution in [0, 0.1) is 0 Å². The number of nitrogens with one attached hydrogen (secondary N) is 1. The molecule has 2 atom stereocenters. The minimum absolute atomic E-state index is 0.221. The summed E-state index contributed by atoms with van der Waals surface area (Å²) in [5, 5.41) is 11.4. The molecule has 0 fully saturated rings. The van der Waals surface area contributed by atoms with Crippen molar-refractivity contribution in [3.8, 4) is 0 Å². The van der Waals surface area contributed by atoms with Gasteiger partial charge in [0.2, 0.25) is 0 Å². The minimum atomic E-state index is -3.61. The molecule has 11 heteroatoms. The molecule has 0 aromatic rings. The SMILES string of the molecule is CCCOC(=O)N[C@@H](CSSCCCCCCOP(C)(=O)[O-])C(=O)O. The van der Waals surface area contributed by atoms with Gasteiger partial charge in [0.05, 0.1) is 13.2 Å². The fourth-order valence-electron chi connectivity index (χ4n) is 1.58. The Hall–Kier alpha value is -0.410. The maximum atomic E-state index is 11.4. The van der Waals surface area contributed by atoms with Crippen molar-refractivity contribution in [2.24, 2.45) is 0 Å². The molecule has 0 bridgehead atoms. The number of alkyl carbamates (subject to hydrolysis) is 1. The number of carboxylic acids is 1. The van der Waals surface area contributed by atoms with Crippen molar-refractivity contribution in [2.75, 3.05) is 31.4 Å². The van der Waals surface area contributed by atoms with Gasteiger partial charge in [0.1, 0.15) is 13.6 Å². The molecule has 2 N–H and O–H groups in total. The molecule has 0 aliphatic carbocycles. The summed E-state index contributed by atoms with van der Waals surface area (Å²) in [6.07, 6.45) is 3.44. The number of carbonyl (C=O) groups excluding carboxylic acids is 1. The van der Waals surface area contributed by atoms with E-state index in [0.29, 0.717) is 12.8 Å². The van der Waals surface area contributed by atoms with Crippen LogP contribution in [-0.4, -0.2) is 54.6 Å². The van der Waals surface area contributed by atoms with E-state index in [1.54, 1.807) is 10.8 Å². The summed E-state index contributed by atoms with van der Waals surface area (Å²) in [5.41, 5.74) is 0. The predicted molar refractivity (Wildman–Crippen MR) is 99.1 cm³/mol. The van der Waals surface area contributed by atoms with E-state index in [0.717, 1.165) is 31.7 Å². The molecule has 0 heterocycles. The highest BCUT2D eigenvalue weighted by Gasteiger charge is 2.20. The van der Waals surface area contributed by atoms with Crippen LogP contribution in [0.3, 0.4) is 0 Å². The number of carboxylic acid groups (broad SMARTS) is 1. The van der Waals surface area contributed by atoms with E-state index >= 15 is 0 Å². The number of hydrogen-bond donors (Lipinski definition) is 2. The van der Waals surface area contributed by atoms with E-state index in [9.17, 15) is 19.0 Å². The zero-order chi connectivity index (χ0) is 19.1. The molecule has 1 unspecified atom stereocenters. The first kappa shape index (κ1) is 24.6. The molecule has 1 amide bonds. The van der Waals surface area contributed by atoms with E-state index < -0.39 is 25.7 Å². The minimum Gasteiger partial charge on any atom is -0.779 e. The Morgan fingerprint density at radius 1 is 1.20 bits per heavy atom. The van der Waals surface area contributed by atoms with Gasteiger partial charge < -0.3 is 29.1 Å². The third-order valence-corrected chi connectivity index (χ3v) is 5.94. The molecule has 148 valence electrons. The molecule has 25 heavy (non-hydrogen) atoms. The fraction of sp³-hybridized carbons (Fsp3) is 0.857. The lowest BCUT2D eigenvalue weighted by Crippen LogP contribution is -2.42. The predicted octanol–water partition coefficient (Wildman–Crippen LogP) is 2.72. The monoisotopic (exact) mass is 416 g/mol. The Morgan fingerprint density at radius 3 is 2.48 bits per heavy atom. The molecule has 0 rings (SSSR count). The molecule has 0 aliphatic heterocycles. The first-order valence-electron chi connectivity index (χ1n) is 8.09. The van der Waals surface area contributed by atoms with E-state index in [1.165, 1.54) is 10.8 Å². The molecule has 0 saturated heterocycles. The molecule has 0 radical (unpaired) electrons. The van der Waals surface area contributed by atoms with Crippen LogP contribution >= 0.6 is 29.2 Å². The van der Waals surface area contributed by atoms with Gasteiger partial charge in [-0.15, -0.1) is 0 Å². The van der Waals surface area contributed by atoms with Gasteiger partial charge in [-0.25, -0.2) is 9.59 Å². The standard InChI is InChI=1S/C14H28NO7PS2/c1-3-8-21-14(18)15-12(13(16)17)11-25-24-10-7-5-4-6-9-22-23(2,19)20/h12H,3-11H2,1-2H3,(H,15,18)(H,16,17)(H,19,20)/p-1/t12-/m0/s1. The van der Waals surface area contributed by atoms with Crippen LogP contribution in [0.15, 0.2) is 0 Å². The third kappa shape index (κ3) is 16.8. The molecule has 0 aromatic heterocycles. The summed E-state index contributed by atoms with van der Waals surface area (Å²) in [7, 11) is -0.678. The zero-order valence-corrected chi connectivity index (χ0v) is 17.1. The smallest absolute Gasteiger partial charge is 0.407 e. The van der Waals surface area contributed by atoms with Crippen LogP contribution in [0.4, 0.5) is 4.79 Å². The van der Waals surface area contributed by atoms with Crippen LogP contribution in [0.5, 0.6) is 0 Å². The van der Waals surface area contributed by atoms with Gasteiger partial charge in [-0.05, 0) is 19.3 Å². The first-order valence-corrected chi connectivity index (χ1v) is 12.6. The largest absolute Gasteiger partial charge is 0.779 e. The van der Waals surface area contributed by atoms with Gasteiger partial charge in [0.25, 0.3) is 0 Å². The van der Waals surface area contributed by atoms with Crippen molar-refractivity contribution in [3.05, 3.63) is 0 Å². The van der Waals surface area contributed by atoms with E-state index in [4.69, 9.17) is 9.84 Å². The Bertz CT molecular complexity index is 433. The van der Waals surface area contributed by atoms with Gasteiger partial charge >= 0.3 is 12.1 Å². The second-order valence-electron chi connectivity index (χ2n) is 5.30. The van der Waals surface area contributed by atoms with Crippen molar-refractivity contribution < 1.29 is 33.4 Å². The second-order valence-corrected chi connectivity index (χ2v) is 9.72. The Labute approximate surface area is 156 Å². The summed E-state index contributed by atoms with van der Waals surface area (Å²) in [6.45, 7) is 3.39. The van der Waals surface area contributed by atoms with Gasteiger partial charge in [-0.2, -0.15) is 0 Å². The topological polar surface area (TPSA) is 125 Å². The quantitative estimate of drug-likeness (QED) is 0.235. The normalized spacial score (nSPS) is 14.5. The summed E-state index contributed by atoms with van der Waals surface area (Å²) < 4.78 is 20.3. The number of hydrogen-bond acceptors (Lipinski definition) is 8. The summed E-state index contributed by atoms with van der Waals surface area (Å²) >= 11 is 0. The van der Waals surface area contributed by atoms with E-state index in [2.05, 4.69) is 9.84 Å². The van der Waals surface area contributed by atoms with Gasteiger partial charge in [0, 0.05) is 18.2 Å². The fourth-order valence-corrected chi connectivity index (χ4v) is 4.34. The summed E-state index contributed by atoms with van der Waals surface area (Å²) in [4.78, 5) is 33.3. The molecule has 0 saturated carbocycles. The van der Waals surface area contributed by atoms with Crippen LogP contribution in [0.1, 0.15) is 39.0 Å². The van der Waals surface area contributed by atoms with Crippen molar-refractivity contribution in [3.63, 3.8) is 0 Å². The number of unbranched alkanes of at least 4 members (excludes halogenated alkanes) is 3. The second kappa shape index (κ2) is 14.7. The van der Waals surface area contributed by atoms with Crippen molar-refractivity contribution in [2.45, 2.75) is 45.1 Å². The van der Waals surface area contributed by atoms with Crippen LogP contribution < -0.4 is 10.2 Å². The lowest BCUT2D eigenvalue weighted by molar-refractivity contribution is -0.196. The Kier molecular flexibility index (Phi) is 14.5. The average molecular weight is 416 g/mol. The average Bonchev–Trinajstić information content (AvgIpc) is 2.52. The highest BCUT2D eigenvalue weighted by Crippen LogP contribution is 2.31. The van der Waals surface area contributed by atoms with Gasteiger partial charge in [-0.1, -0.05) is 41.4 Å². The number of amides is 1. The molecule has 0 aliphatic rings. The maximum absolute atomic E-state index is 11.4. The van der Waals surface area contributed by atoms with Crippen LogP contribution in [-0.2, 0) is 18.6 Å². The third-order valence-electron chi connectivity index (χ3n) is 2.79. The highest BCUT2D eigenvalue weighted by molar-refractivity contribution is 8.76. The Morgan fingerprint density at radius 2 is 1.88 bits per heavy atom. The number of ether oxygens (including phenoxy) is 1. The van der Waals surface area contributed by atoms with Crippen LogP contribution in [0.2, 0.25) is 0 Å². The molecule has 0 spiro atoms. The van der Waals surface area contributed by atoms with Crippen molar-refractivity contribution in [1.29, 1.82) is 0 Å². The summed E-state index contributed by atoms with van der Waals surface area (Å²) in [6, 6.07) is -0.976. The molecular weight excluding hydrogens is 389 g/mol. The van der Waals surface area contributed by atoms with Crippen molar-refractivity contribution in [1.82, 2.24) is 5.32 Å². The summed E-state index contributed by atoms with van der Waals surface area (Å²) in [5.74, 6) is 0.0178. The lowest BCUT2D eigenvalue weighted by Gasteiger charge is -2.17. The molecule has 0 aromatic carbocycles. The number of aliphatic carboxylic acids is 1. The van der Waals surface area contributed by atoms with Crippen LogP contribution in [0.25, 0.3) is 0 Å². The van der Waals surface area contributed by atoms with E-state index in [1.807, 2.05) is 6.92 Å². The number of rotatable bonds is 15. The maximum Gasteiger partial charge on any atom is 0.407 e. The lowest BCUT2D eigenvalue weighted by atomic mass is 10.2. The van der Waals surface area contributed by atoms with E-state index in [-0.39, 0.29) is 19.0 Å².